The first-order valence-electron chi connectivity index (χ1n) is 7.55. The molecule has 1 aliphatic heterocycles. The lowest BCUT2D eigenvalue weighted by atomic mass is 9.94. The van der Waals surface area contributed by atoms with Gasteiger partial charge in [0.2, 0.25) is 5.91 Å². The van der Waals surface area contributed by atoms with Crippen molar-refractivity contribution in [1.29, 1.82) is 0 Å². The second kappa shape index (κ2) is 6.12. The molecule has 1 fully saturated rings. The number of benzene rings is 1. The molecule has 3 rings (SSSR count). The summed E-state index contributed by atoms with van der Waals surface area (Å²) in [6.45, 7) is 3.73. The number of H-pyrrole nitrogens is 1. The highest BCUT2D eigenvalue weighted by Gasteiger charge is 2.25. The molecule has 0 unspecified atom stereocenters. The van der Waals surface area contributed by atoms with Gasteiger partial charge in [-0.15, -0.1) is 0 Å². The summed E-state index contributed by atoms with van der Waals surface area (Å²) in [6.07, 6.45) is 4.46. The Hall–Kier alpha value is -2.10. The zero-order valence-corrected chi connectivity index (χ0v) is 12.4. The zero-order chi connectivity index (χ0) is 14.7. The van der Waals surface area contributed by atoms with Crippen LogP contribution in [0.15, 0.2) is 36.5 Å². The maximum Gasteiger partial charge on any atom is 0.227 e. The first-order chi connectivity index (χ1) is 10.2. The van der Waals surface area contributed by atoms with Gasteiger partial charge in [-0.1, -0.05) is 24.3 Å². The van der Waals surface area contributed by atoms with Crippen LogP contribution in [0.2, 0.25) is 0 Å². The summed E-state index contributed by atoms with van der Waals surface area (Å²) in [5, 5.41) is 7.06. The van der Waals surface area contributed by atoms with E-state index in [2.05, 4.69) is 23.2 Å². The molecule has 0 spiro atoms. The molecule has 1 aromatic carbocycles. The Morgan fingerprint density at radius 2 is 2.24 bits per heavy atom. The molecule has 4 nitrogen and oxygen atoms in total. The molecule has 0 aliphatic carbocycles. The normalized spacial score (nSPS) is 18.7. The minimum Gasteiger partial charge on any atom is -0.342 e. The minimum absolute atomic E-state index is 0.230. The molecule has 0 radical (unpaired) electrons. The topological polar surface area (TPSA) is 49.0 Å². The van der Waals surface area contributed by atoms with Gasteiger partial charge in [0.05, 0.1) is 6.42 Å². The van der Waals surface area contributed by atoms with E-state index in [0.717, 1.165) is 37.2 Å². The van der Waals surface area contributed by atoms with E-state index in [-0.39, 0.29) is 5.91 Å². The molecule has 21 heavy (non-hydrogen) atoms. The van der Waals surface area contributed by atoms with Gasteiger partial charge in [-0.3, -0.25) is 9.89 Å². The SMILES string of the molecule is Cc1ccccc1CC(=O)N1CCC[C@H](c2ccn[nH]2)C1. The van der Waals surface area contributed by atoms with Crippen LogP contribution in [0.5, 0.6) is 0 Å². The first kappa shape index (κ1) is 13.9. The molecule has 0 bridgehead atoms. The number of rotatable bonds is 3. The van der Waals surface area contributed by atoms with E-state index in [4.69, 9.17) is 0 Å². The fourth-order valence-corrected chi connectivity index (χ4v) is 3.03. The number of piperidine rings is 1. The van der Waals surface area contributed by atoms with Gasteiger partial charge in [0.15, 0.2) is 0 Å². The lowest BCUT2D eigenvalue weighted by molar-refractivity contribution is -0.131. The molecule has 1 aromatic heterocycles. The third kappa shape index (κ3) is 3.15. The van der Waals surface area contributed by atoms with Crippen LogP contribution in [-0.2, 0) is 11.2 Å². The highest BCUT2D eigenvalue weighted by atomic mass is 16.2. The highest BCUT2D eigenvalue weighted by molar-refractivity contribution is 5.79. The molecular formula is C17H21N3O. The number of hydrogen-bond acceptors (Lipinski definition) is 2. The van der Waals surface area contributed by atoms with Crippen LogP contribution < -0.4 is 0 Å². The van der Waals surface area contributed by atoms with Crippen molar-refractivity contribution in [2.75, 3.05) is 13.1 Å². The Labute approximate surface area is 125 Å². The molecule has 0 saturated carbocycles. The Morgan fingerprint density at radius 1 is 1.38 bits per heavy atom. The first-order valence-corrected chi connectivity index (χ1v) is 7.55. The quantitative estimate of drug-likeness (QED) is 0.941. The van der Waals surface area contributed by atoms with Gasteiger partial charge in [-0.25, -0.2) is 0 Å². The highest BCUT2D eigenvalue weighted by Crippen LogP contribution is 2.25. The van der Waals surface area contributed by atoms with Gasteiger partial charge < -0.3 is 4.90 Å². The van der Waals surface area contributed by atoms with Gasteiger partial charge >= 0.3 is 0 Å². The predicted molar refractivity (Wildman–Crippen MR) is 82.0 cm³/mol. The van der Waals surface area contributed by atoms with Gasteiger partial charge in [-0.05, 0) is 37.0 Å². The van der Waals surface area contributed by atoms with Crippen LogP contribution in [0.4, 0.5) is 0 Å². The lowest BCUT2D eigenvalue weighted by Gasteiger charge is -2.32. The van der Waals surface area contributed by atoms with Crippen molar-refractivity contribution in [2.24, 2.45) is 0 Å². The van der Waals surface area contributed by atoms with E-state index in [9.17, 15) is 4.79 Å². The molecule has 1 aliphatic rings. The Kier molecular flexibility index (Phi) is 4.04. The van der Waals surface area contributed by atoms with Gasteiger partial charge in [0, 0.05) is 30.9 Å². The second-order valence-electron chi connectivity index (χ2n) is 5.79. The van der Waals surface area contributed by atoms with Crippen molar-refractivity contribution in [3.05, 3.63) is 53.3 Å². The summed E-state index contributed by atoms with van der Waals surface area (Å²) in [6, 6.07) is 10.1. The number of aryl methyl sites for hydroxylation is 1. The van der Waals surface area contributed by atoms with E-state index in [0.29, 0.717) is 12.3 Å². The molecule has 2 heterocycles. The van der Waals surface area contributed by atoms with Crippen LogP contribution in [0.3, 0.4) is 0 Å². The standard InChI is InChI=1S/C17H21N3O/c1-13-5-2-3-6-14(13)11-17(21)20-10-4-7-15(12-20)16-8-9-18-19-16/h2-3,5-6,8-9,15H,4,7,10-12H2,1H3,(H,18,19)/t15-/m0/s1. The summed E-state index contributed by atoms with van der Waals surface area (Å²) in [5.74, 6) is 0.621. The summed E-state index contributed by atoms with van der Waals surface area (Å²) in [4.78, 5) is 14.5. The average molecular weight is 283 g/mol. The van der Waals surface area contributed by atoms with Crippen molar-refractivity contribution in [3.63, 3.8) is 0 Å². The average Bonchev–Trinajstić information content (AvgIpc) is 3.04. The van der Waals surface area contributed by atoms with Crippen molar-refractivity contribution < 1.29 is 4.79 Å². The van der Waals surface area contributed by atoms with Crippen LogP contribution >= 0.6 is 0 Å². The number of carbonyl (C=O) groups is 1. The Morgan fingerprint density at radius 3 is 3.00 bits per heavy atom. The number of nitrogens with one attached hydrogen (secondary N) is 1. The largest absolute Gasteiger partial charge is 0.342 e. The third-order valence-electron chi connectivity index (χ3n) is 4.34. The maximum atomic E-state index is 12.5. The van der Waals surface area contributed by atoms with Crippen molar-refractivity contribution in [3.8, 4) is 0 Å². The number of amides is 1. The zero-order valence-electron chi connectivity index (χ0n) is 12.4. The van der Waals surface area contributed by atoms with E-state index >= 15 is 0 Å². The van der Waals surface area contributed by atoms with Crippen molar-refractivity contribution in [2.45, 2.75) is 32.1 Å². The third-order valence-corrected chi connectivity index (χ3v) is 4.34. The maximum absolute atomic E-state index is 12.5. The lowest BCUT2D eigenvalue weighted by Crippen LogP contribution is -2.40. The fourth-order valence-electron chi connectivity index (χ4n) is 3.03. The van der Waals surface area contributed by atoms with Crippen LogP contribution in [-0.4, -0.2) is 34.1 Å². The number of carbonyl (C=O) groups excluding carboxylic acids is 1. The van der Waals surface area contributed by atoms with Crippen LogP contribution in [0.25, 0.3) is 0 Å². The molecule has 4 heteroatoms. The molecule has 1 atom stereocenters. The van der Waals surface area contributed by atoms with E-state index < -0.39 is 0 Å². The Bertz CT molecular complexity index is 606. The number of hydrogen-bond donors (Lipinski definition) is 1. The van der Waals surface area contributed by atoms with Crippen LogP contribution in [0.1, 0.15) is 35.6 Å². The molecular weight excluding hydrogens is 262 g/mol. The van der Waals surface area contributed by atoms with Gasteiger partial charge in [0.1, 0.15) is 0 Å². The summed E-state index contributed by atoms with van der Waals surface area (Å²) < 4.78 is 0. The van der Waals surface area contributed by atoms with Gasteiger partial charge in [0.25, 0.3) is 0 Å². The summed E-state index contributed by atoms with van der Waals surface area (Å²) in [5.41, 5.74) is 3.46. The Balaban J connectivity index is 1.66. The van der Waals surface area contributed by atoms with E-state index in [1.807, 2.05) is 29.2 Å². The molecule has 1 saturated heterocycles. The number of aromatic nitrogens is 2. The van der Waals surface area contributed by atoms with Crippen LogP contribution in [0, 0.1) is 6.92 Å². The number of likely N-dealkylation sites (tertiary alicyclic amines) is 1. The molecule has 1 amide bonds. The summed E-state index contributed by atoms with van der Waals surface area (Å²) >= 11 is 0. The van der Waals surface area contributed by atoms with Gasteiger partial charge in [-0.2, -0.15) is 5.10 Å². The smallest absolute Gasteiger partial charge is 0.227 e. The monoisotopic (exact) mass is 283 g/mol. The van der Waals surface area contributed by atoms with Crippen molar-refractivity contribution in [1.82, 2.24) is 15.1 Å². The molecule has 1 N–H and O–H groups in total. The second-order valence-corrected chi connectivity index (χ2v) is 5.79. The van der Waals surface area contributed by atoms with E-state index in [1.54, 1.807) is 6.20 Å². The fraction of sp³-hybridized carbons (Fsp3) is 0.412. The number of aromatic amines is 1. The minimum atomic E-state index is 0.230. The molecule has 110 valence electrons. The van der Waals surface area contributed by atoms with Crippen molar-refractivity contribution >= 4 is 5.91 Å². The molecule has 2 aromatic rings. The number of nitrogens with zero attached hydrogens (tertiary/aromatic N) is 2. The summed E-state index contributed by atoms with van der Waals surface area (Å²) in [7, 11) is 0. The predicted octanol–water partition coefficient (Wildman–Crippen LogP) is 2.67. The van der Waals surface area contributed by atoms with E-state index in [1.165, 1.54) is 5.56 Å².